The molecule has 5 nitrogen and oxygen atoms in total. The van der Waals surface area contributed by atoms with Gasteiger partial charge >= 0.3 is 0 Å². The van der Waals surface area contributed by atoms with Crippen LogP contribution in [-0.4, -0.2) is 19.1 Å². The molecule has 4 bridgehead atoms. The zero-order chi connectivity index (χ0) is 19.1. The zero-order valence-corrected chi connectivity index (χ0v) is 16.2. The van der Waals surface area contributed by atoms with Crippen LogP contribution in [0.4, 0.5) is 0 Å². The molecule has 4 fully saturated rings. The lowest BCUT2D eigenvalue weighted by Gasteiger charge is -2.54. The van der Waals surface area contributed by atoms with Crippen molar-refractivity contribution in [2.75, 3.05) is 7.11 Å². The van der Waals surface area contributed by atoms with Crippen molar-refractivity contribution in [2.45, 2.75) is 44.8 Å². The molecular weight excluding hydrogens is 354 g/mol. The summed E-state index contributed by atoms with van der Waals surface area (Å²) < 4.78 is 16.7. The van der Waals surface area contributed by atoms with Crippen LogP contribution in [0, 0.1) is 23.7 Å². The molecule has 1 aromatic heterocycles. The predicted octanol–water partition coefficient (Wildman–Crippen LogP) is 4.42. The minimum atomic E-state index is -0.0925. The normalized spacial score (nSPS) is 30.2. The van der Waals surface area contributed by atoms with E-state index in [1.165, 1.54) is 32.1 Å². The molecule has 2 aromatic rings. The Labute approximate surface area is 165 Å². The lowest BCUT2D eigenvalue weighted by atomic mass is 9.54. The number of carbonyl (C=O) groups excluding carboxylic acids is 1. The third-order valence-electron chi connectivity index (χ3n) is 6.83. The summed E-state index contributed by atoms with van der Waals surface area (Å²) >= 11 is 0. The first-order valence-corrected chi connectivity index (χ1v) is 10.3. The lowest BCUT2D eigenvalue weighted by Crippen LogP contribution is -2.55. The number of carbonyl (C=O) groups is 1. The Kier molecular flexibility index (Phi) is 4.53. The van der Waals surface area contributed by atoms with Gasteiger partial charge in [-0.05, 0) is 80.0 Å². The van der Waals surface area contributed by atoms with Crippen molar-refractivity contribution in [1.29, 1.82) is 0 Å². The third kappa shape index (κ3) is 3.38. The maximum absolute atomic E-state index is 12.7. The van der Waals surface area contributed by atoms with Crippen molar-refractivity contribution in [3.05, 3.63) is 47.9 Å². The molecule has 4 aliphatic rings. The van der Waals surface area contributed by atoms with Crippen molar-refractivity contribution in [3.63, 3.8) is 0 Å². The Hall–Kier alpha value is -2.43. The largest absolute Gasteiger partial charge is 0.497 e. The monoisotopic (exact) mass is 381 g/mol. The van der Waals surface area contributed by atoms with E-state index in [2.05, 4.69) is 5.32 Å². The maximum Gasteiger partial charge on any atom is 0.287 e. The molecule has 0 aliphatic heterocycles. The Morgan fingerprint density at radius 3 is 2.46 bits per heavy atom. The molecule has 0 spiro atoms. The number of nitrogens with one attached hydrogen (secondary N) is 1. The van der Waals surface area contributed by atoms with Gasteiger partial charge < -0.3 is 19.2 Å². The first-order valence-electron chi connectivity index (χ1n) is 10.3. The van der Waals surface area contributed by atoms with E-state index in [0.717, 1.165) is 17.6 Å². The highest BCUT2D eigenvalue weighted by molar-refractivity contribution is 5.91. The number of furan rings is 1. The number of hydrogen-bond acceptors (Lipinski definition) is 4. The van der Waals surface area contributed by atoms with Crippen molar-refractivity contribution in [3.8, 4) is 11.5 Å². The second kappa shape index (κ2) is 7.19. The summed E-state index contributed by atoms with van der Waals surface area (Å²) in [7, 11) is 1.63. The molecule has 5 heteroatoms. The molecular formula is C23H27NO4. The standard InChI is InChI=1S/C23H27NO4/c1-26-18-3-2-4-19(12-18)27-13-20-5-6-21(28-20)23(25)24-22-16-8-14-7-15(10-16)11-17(22)9-14/h2-6,12,14-17,22H,7-11,13H2,1H3,(H,24,25). The van der Waals surface area contributed by atoms with Crippen molar-refractivity contribution >= 4 is 5.91 Å². The molecule has 1 N–H and O–H groups in total. The molecule has 1 amide bonds. The van der Waals surface area contributed by atoms with Crippen molar-refractivity contribution in [1.82, 2.24) is 5.32 Å². The molecule has 0 radical (unpaired) electrons. The van der Waals surface area contributed by atoms with Crippen LogP contribution in [0.2, 0.25) is 0 Å². The number of amides is 1. The quantitative estimate of drug-likeness (QED) is 0.805. The van der Waals surface area contributed by atoms with Crippen LogP contribution in [0.5, 0.6) is 11.5 Å². The number of benzene rings is 1. The molecule has 0 saturated heterocycles. The van der Waals surface area contributed by atoms with E-state index >= 15 is 0 Å². The summed E-state index contributed by atoms with van der Waals surface area (Å²) in [5.41, 5.74) is 0. The summed E-state index contributed by atoms with van der Waals surface area (Å²) in [6, 6.07) is 11.3. The second-order valence-electron chi connectivity index (χ2n) is 8.66. The predicted molar refractivity (Wildman–Crippen MR) is 104 cm³/mol. The van der Waals surface area contributed by atoms with Gasteiger partial charge in [0.15, 0.2) is 5.76 Å². The fourth-order valence-corrected chi connectivity index (χ4v) is 5.81. The van der Waals surface area contributed by atoms with E-state index in [1.807, 2.05) is 30.3 Å². The average molecular weight is 381 g/mol. The second-order valence-corrected chi connectivity index (χ2v) is 8.66. The van der Waals surface area contributed by atoms with E-state index < -0.39 is 0 Å². The fraction of sp³-hybridized carbons (Fsp3) is 0.522. The minimum absolute atomic E-state index is 0.0925. The highest BCUT2D eigenvalue weighted by Crippen LogP contribution is 2.53. The van der Waals surface area contributed by atoms with Gasteiger partial charge in [-0.1, -0.05) is 6.07 Å². The summed E-state index contributed by atoms with van der Waals surface area (Å²) in [5.74, 6) is 5.49. The first kappa shape index (κ1) is 17.7. The van der Waals surface area contributed by atoms with Gasteiger partial charge in [-0.15, -0.1) is 0 Å². The molecule has 1 heterocycles. The number of methoxy groups -OCH3 is 1. The smallest absolute Gasteiger partial charge is 0.287 e. The average Bonchev–Trinajstić information content (AvgIpc) is 3.18. The molecule has 0 unspecified atom stereocenters. The van der Waals surface area contributed by atoms with Crippen LogP contribution in [0.15, 0.2) is 40.8 Å². The number of hydrogen-bond donors (Lipinski definition) is 1. The van der Waals surface area contributed by atoms with Gasteiger partial charge in [-0.25, -0.2) is 0 Å². The van der Waals surface area contributed by atoms with Crippen LogP contribution >= 0.6 is 0 Å². The van der Waals surface area contributed by atoms with Crippen LogP contribution in [0.1, 0.15) is 48.4 Å². The molecule has 28 heavy (non-hydrogen) atoms. The Bertz CT molecular complexity index is 830. The third-order valence-corrected chi connectivity index (χ3v) is 6.83. The summed E-state index contributed by atoms with van der Waals surface area (Å²) in [5, 5.41) is 3.29. The minimum Gasteiger partial charge on any atom is -0.497 e. The van der Waals surface area contributed by atoms with E-state index in [1.54, 1.807) is 13.2 Å². The highest BCUT2D eigenvalue weighted by Gasteiger charge is 2.48. The summed E-state index contributed by atoms with van der Waals surface area (Å²) in [6.45, 7) is 0.276. The fourth-order valence-electron chi connectivity index (χ4n) is 5.81. The van der Waals surface area contributed by atoms with Gasteiger partial charge in [0, 0.05) is 12.1 Å². The van der Waals surface area contributed by atoms with E-state index in [0.29, 0.717) is 35.1 Å². The van der Waals surface area contributed by atoms with Gasteiger partial charge in [0.05, 0.1) is 7.11 Å². The Balaban J connectivity index is 1.19. The number of ether oxygens (including phenoxy) is 2. The highest BCUT2D eigenvalue weighted by atomic mass is 16.5. The topological polar surface area (TPSA) is 60.7 Å². The summed E-state index contributed by atoms with van der Waals surface area (Å²) in [4.78, 5) is 12.7. The van der Waals surface area contributed by atoms with Gasteiger partial charge in [-0.3, -0.25) is 4.79 Å². The van der Waals surface area contributed by atoms with E-state index in [4.69, 9.17) is 13.9 Å². The van der Waals surface area contributed by atoms with Gasteiger partial charge in [0.2, 0.25) is 0 Å². The molecule has 0 atom stereocenters. The Morgan fingerprint density at radius 1 is 1.04 bits per heavy atom. The van der Waals surface area contributed by atoms with Gasteiger partial charge in [0.1, 0.15) is 23.9 Å². The first-order chi connectivity index (χ1) is 13.7. The van der Waals surface area contributed by atoms with Gasteiger partial charge in [-0.2, -0.15) is 0 Å². The van der Waals surface area contributed by atoms with E-state index in [9.17, 15) is 4.79 Å². The zero-order valence-electron chi connectivity index (χ0n) is 16.2. The van der Waals surface area contributed by atoms with Gasteiger partial charge in [0.25, 0.3) is 5.91 Å². The lowest BCUT2D eigenvalue weighted by molar-refractivity contribution is -0.0123. The van der Waals surface area contributed by atoms with Crippen LogP contribution in [0.25, 0.3) is 0 Å². The van der Waals surface area contributed by atoms with Crippen molar-refractivity contribution < 1.29 is 18.7 Å². The molecule has 6 rings (SSSR count). The maximum atomic E-state index is 12.7. The molecule has 148 valence electrons. The van der Waals surface area contributed by atoms with Crippen LogP contribution in [0.3, 0.4) is 0 Å². The number of rotatable bonds is 6. The van der Waals surface area contributed by atoms with Crippen LogP contribution in [-0.2, 0) is 6.61 Å². The SMILES string of the molecule is COc1cccc(OCc2ccc(C(=O)NC3C4CC5CC(C4)CC3C5)o2)c1. The molecule has 4 aliphatic carbocycles. The summed E-state index contributed by atoms with van der Waals surface area (Å²) in [6.07, 6.45) is 6.57. The molecule has 4 saturated carbocycles. The van der Waals surface area contributed by atoms with Crippen LogP contribution < -0.4 is 14.8 Å². The van der Waals surface area contributed by atoms with E-state index in [-0.39, 0.29) is 12.5 Å². The molecule has 1 aromatic carbocycles. The van der Waals surface area contributed by atoms with Crippen molar-refractivity contribution in [2.24, 2.45) is 23.7 Å². The Morgan fingerprint density at radius 2 is 1.75 bits per heavy atom.